The van der Waals surface area contributed by atoms with Crippen LogP contribution in [-0.4, -0.2) is 44.0 Å². The predicted octanol–water partition coefficient (Wildman–Crippen LogP) is 2.57. The Morgan fingerprint density at radius 2 is 1.85 bits per heavy atom. The standard InChI is InChI=1S/C23H23FN6O3/c24-17-8-4-7-16(13-17)14-30-21(32)18(25-23(30)33)10-12-20(31)27-22-26-19(28-29-22)11-9-15-5-2-1-3-6-15/h1-8,13,18H,9-12,14H2,(H,25,33)(H2,26,27,28,29,31)/t18-/m0/s1. The van der Waals surface area contributed by atoms with E-state index in [2.05, 4.69) is 25.8 Å². The molecule has 4 rings (SSSR count). The number of H-pyrrole nitrogens is 1. The number of aromatic nitrogens is 3. The third-order valence-corrected chi connectivity index (χ3v) is 5.27. The lowest BCUT2D eigenvalue weighted by molar-refractivity contribution is -0.128. The normalized spacial score (nSPS) is 15.5. The topological polar surface area (TPSA) is 120 Å². The van der Waals surface area contributed by atoms with E-state index in [4.69, 9.17) is 0 Å². The first-order valence-corrected chi connectivity index (χ1v) is 10.6. The second-order valence-corrected chi connectivity index (χ2v) is 7.73. The molecule has 0 bridgehead atoms. The molecule has 1 atom stereocenters. The van der Waals surface area contributed by atoms with Gasteiger partial charge in [-0.25, -0.2) is 9.18 Å². The third kappa shape index (κ3) is 5.79. The van der Waals surface area contributed by atoms with Crippen molar-refractivity contribution in [2.45, 2.75) is 38.3 Å². The lowest BCUT2D eigenvalue weighted by Crippen LogP contribution is -2.31. The third-order valence-electron chi connectivity index (χ3n) is 5.27. The van der Waals surface area contributed by atoms with Gasteiger partial charge < -0.3 is 5.32 Å². The van der Waals surface area contributed by atoms with Gasteiger partial charge in [-0.1, -0.05) is 42.5 Å². The Labute approximate surface area is 189 Å². The summed E-state index contributed by atoms with van der Waals surface area (Å²) < 4.78 is 13.4. The Bertz CT molecular complexity index is 1150. The largest absolute Gasteiger partial charge is 0.326 e. The monoisotopic (exact) mass is 450 g/mol. The van der Waals surface area contributed by atoms with Gasteiger partial charge in [0.25, 0.3) is 5.91 Å². The number of imide groups is 1. The molecular weight excluding hydrogens is 427 g/mol. The maximum absolute atomic E-state index is 13.4. The average molecular weight is 450 g/mol. The Hall–Kier alpha value is -4.08. The Kier molecular flexibility index (Phi) is 6.72. The summed E-state index contributed by atoms with van der Waals surface area (Å²) in [6, 6.07) is 14.3. The highest BCUT2D eigenvalue weighted by Crippen LogP contribution is 2.16. The van der Waals surface area contributed by atoms with E-state index in [-0.39, 0.29) is 31.2 Å². The van der Waals surface area contributed by atoms with Crippen molar-refractivity contribution in [1.29, 1.82) is 0 Å². The minimum atomic E-state index is -0.814. The number of anilines is 1. The lowest BCUT2D eigenvalue weighted by atomic mass is 10.1. The first-order chi connectivity index (χ1) is 16.0. The molecule has 3 N–H and O–H groups in total. The number of aromatic amines is 1. The number of urea groups is 1. The minimum Gasteiger partial charge on any atom is -0.326 e. The number of aryl methyl sites for hydroxylation is 2. The maximum Gasteiger partial charge on any atom is 0.325 e. The maximum atomic E-state index is 13.4. The molecule has 2 aromatic carbocycles. The number of rotatable bonds is 9. The molecule has 9 nitrogen and oxygen atoms in total. The van der Waals surface area contributed by atoms with Crippen molar-refractivity contribution in [3.05, 3.63) is 77.4 Å². The second kappa shape index (κ2) is 10.0. The van der Waals surface area contributed by atoms with E-state index in [0.717, 1.165) is 11.3 Å². The number of nitrogens with one attached hydrogen (secondary N) is 3. The molecule has 1 aliphatic heterocycles. The van der Waals surface area contributed by atoms with Crippen LogP contribution in [0.15, 0.2) is 54.6 Å². The van der Waals surface area contributed by atoms with E-state index < -0.39 is 23.8 Å². The van der Waals surface area contributed by atoms with Gasteiger partial charge in [0, 0.05) is 12.8 Å². The molecule has 1 fully saturated rings. The predicted molar refractivity (Wildman–Crippen MR) is 117 cm³/mol. The fraction of sp³-hybridized carbons (Fsp3) is 0.261. The summed E-state index contributed by atoms with van der Waals surface area (Å²) in [6.45, 7) is -0.0337. The van der Waals surface area contributed by atoms with Crippen LogP contribution < -0.4 is 10.6 Å². The number of halogens is 1. The van der Waals surface area contributed by atoms with Gasteiger partial charge in [0.15, 0.2) is 0 Å². The van der Waals surface area contributed by atoms with Gasteiger partial charge in [0.1, 0.15) is 17.7 Å². The van der Waals surface area contributed by atoms with Gasteiger partial charge in [0.2, 0.25) is 11.9 Å². The van der Waals surface area contributed by atoms with Crippen LogP contribution in [0, 0.1) is 5.82 Å². The smallest absolute Gasteiger partial charge is 0.325 e. The number of carbonyl (C=O) groups is 3. The summed E-state index contributed by atoms with van der Waals surface area (Å²) in [4.78, 5) is 42.3. The molecule has 0 unspecified atom stereocenters. The van der Waals surface area contributed by atoms with Crippen molar-refractivity contribution in [3.63, 3.8) is 0 Å². The van der Waals surface area contributed by atoms with E-state index >= 15 is 0 Å². The number of nitrogens with zero attached hydrogens (tertiary/aromatic N) is 3. The summed E-state index contributed by atoms with van der Waals surface area (Å²) in [5, 5.41) is 12.0. The number of hydrogen-bond acceptors (Lipinski definition) is 5. The molecule has 10 heteroatoms. The van der Waals surface area contributed by atoms with Crippen molar-refractivity contribution < 1.29 is 18.8 Å². The average Bonchev–Trinajstić information content (AvgIpc) is 3.36. The van der Waals surface area contributed by atoms with Crippen LogP contribution in [0.3, 0.4) is 0 Å². The Morgan fingerprint density at radius 3 is 2.64 bits per heavy atom. The van der Waals surface area contributed by atoms with Gasteiger partial charge in [-0.15, -0.1) is 5.10 Å². The van der Waals surface area contributed by atoms with Crippen molar-refractivity contribution in [2.75, 3.05) is 5.32 Å². The molecule has 2 heterocycles. The zero-order chi connectivity index (χ0) is 23.2. The van der Waals surface area contributed by atoms with E-state index in [1.165, 1.54) is 23.8 Å². The quantitative estimate of drug-likeness (QED) is 0.433. The molecule has 170 valence electrons. The molecule has 4 amide bonds. The first kappa shape index (κ1) is 22.1. The van der Waals surface area contributed by atoms with Crippen LogP contribution >= 0.6 is 0 Å². The lowest BCUT2D eigenvalue weighted by Gasteiger charge is -2.13. The summed E-state index contributed by atoms with van der Waals surface area (Å²) in [6.07, 6.45) is 1.56. The van der Waals surface area contributed by atoms with Crippen molar-refractivity contribution in [3.8, 4) is 0 Å². The van der Waals surface area contributed by atoms with Gasteiger partial charge in [-0.2, -0.15) is 4.98 Å². The zero-order valence-corrected chi connectivity index (χ0v) is 17.8. The molecule has 0 radical (unpaired) electrons. The fourth-order valence-corrected chi connectivity index (χ4v) is 3.57. The first-order valence-electron chi connectivity index (χ1n) is 10.6. The molecule has 0 spiro atoms. The van der Waals surface area contributed by atoms with Gasteiger partial charge in [-0.05, 0) is 36.1 Å². The van der Waals surface area contributed by atoms with E-state index in [1.54, 1.807) is 6.07 Å². The van der Waals surface area contributed by atoms with E-state index in [0.29, 0.717) is 17.8 Å². The van der Waals surface area contributed by atoms with Crippen LogP contribution in [-0.2, 0) is 29.0 Å². The Morgan fingerprint density at radius 1 is 1.06 bits per heavy atom. The number of benzene rings is 2. The Balaban J connectivity index is 1.24. The van der Waals surface area contributed by atoms with E-state index in [1.807, 2.05) is 30.3 Å². The second-order valence-electron chi connectivity index (χ2n) is 7.73. The zero-order valence-electron chi connectivity index (χ0n) is 17.8. The van der Waals surface area contributed by atoms with Crippen molar-refractivity contribution >= 4 is 23.8 Å². The van der Waals surface area contributed by atoms with Crippen LogP contribution in [0.2, 0.25) is 0 Å². The summed E-state index contributed by atoms with van der Waals surface area (Å²) >= 11 is 0. The molecule has 0 aliphatic carbocycles. The molecule has 0 saturated carbocycles. The highest BCUT2D eigenvalue weighted by Gasteiger charge is 2.37. The number of hydrogen-bond donors (Lipinski definition) is 3. The van der Waals surface area contributed by atoms with E-state index in [9.17, 15) is 18.8 Å². The molecule has 1 aromatic heterocycles. The number of amides is 4. The fourth-order valence-electron chi connectivity index (χ4n) is 3.57. The molecule has 1 saturated heterocycles. The van der Waals surface area contributed by atoms with Gasteiger partial charge in [0.05, 0.1) is 6.54 Å². The SMILES string of the molecule is O=C(CC[C@@H]1NC(=O)N(Cc2cccc(F)c2)C1=O)Nc1n[nH]c(CCc2ccccc2)n1. The van der Waals surface area contributed by atoms with Crippen LogP contribution in [0.4, 0.5) is 15.1 Å². The summed E-state index contributed by atoms with van der Waals surface area (Å²) in [7, 11) is 0. The van der Waals surface area contributed by atoms with Crippen LogP contribution in [0.5, 0.6) is 0 Å². The summed E-state index contributed by atoms with van der Waals surface area (Å²) in [5.74, 6) is -0.437. The summed E-state index contributed by atoms with van der Waals surface area (Å²) in [5.41, 5.74) is 1.68. The van der Waals surface area contributed by atoms with Crippen LogP contribution in [0.1, 0.15) is 29.8 Å². The molecule has 1 aliphatic rings. The van der Waals surface area contributed by atoms with Crippen LogP contribution in [0.25, 0.3) is 0 Å². The number of carbonyl (C=O) groups excluding carboxylic acids is 3. The highest BCUT2D eigenvalue weighted by atomic mass is 19.1. The molecule has 33 heavy (non-hydrogen) atoms. The minimum absolute atomic E-state index is 0.00161. The molecule has 3 aromatic rings. The highest BCUT2D eigenvalue weighted by molar-refractivity contribution is 6.04. The van der Waals surface area contributed by atoms with Crippen molar-refractivity contribution in [2.24, 2.45) is 0 Å². The van der Waals surface area contributed by atoms with Gasteiger partial charge >= 0.3 is 6.03 Å². The van der Waals surface area contributed by atoms with Gasteiger partial charge in [-0.3, -0.25) is 24.9 Å². The van der Waals surface area contributed by atoms with Crippen molar-refractivity contribution in [1.82, 2.24) is 25.4 Å². The molecular formula is C23H23FN6O3.